The normalized spacial score (nSPS) is 28.2. The highest BCUT2D eigenvalue weighted by Crippen LogP contribution is 2.59. The summed E-state index contributed by atoms with van der Waals surface area (Å²) in [7, 11) is 1.32. The van der Waals surface area contributed by atoms with Crippen LogP contribution in [0.3, 0.4) is 0 Å². The lowest BCUT2D eigenvalue weighted by Crippen LogP contribution is -2.52. The van der Waals surface area contributed by atoms with Gasteiger partial charge in [-0.05, 0) is 92.6 Å². The molecule has 1 atom stereocenters. The number of hydrogen-bond acceptors (Lipinski definition) is 7. The maximum Gasteiger partial charge on any atom is 0.341 e. The van der Waals surface area contributed by atoms with Crippen LogP contribution in [0.25, 0.3) is 0 Å². The Kier molecular flexibility index (Phi) is 6.07. The second-order valence-corrected chi connectivity index (χ2v) is 13.3. The van der Waals surface area contributed by atoms with E-state index >= 15 is 0 Å². The van der Waals surface area contributed by atoms with Crippen LogP contribution >= 0.6 is 11.3 Å². The van der Waals surface area contributed by atoms with E-state index in [0.29, 0.717) is 40.7 Å². The van der Waals surface area contributed by atoms with E-state index in [1.807, 2.05) is 18.2 Å². The lowest BCUT2D eigenvalue weighted by atomic mass is 9.53. The summed E-state index contributed by atoms with van der Waals surface area (Å²) in [6.07, 6.45) is 10.4. The Hall–Kier alpha value is -3.53. The molecule has 0 aliphatic heterocycles. The van der Waals surface area contributed by atoms with E-state index in [2.05, 4.69) is 22.5 Å². The van der Waals surface area contributed by atoms with Crippen LogP contribution in [-0.4, -0.2) is 33.7 Å². The Morgan fingerprint density at radius 3 is 2.42 bits per heavy atom. The Morgan fingerprint density at radius 2 is 1.80 bits per heavy atom. The van der Waals surface area contributed by atoms with Crippen molar-refractivity contribution >= 4 is 33.9 Å². The molecule has 4 bridgehead atoms. The molecule has 4 saturated carbocycles. The molecule has 208 valence electrons. The van der Waals surface area contributed by atoms with Gasteiger partial charge < -0.3 is 10.1 Å². The van der Waals surface area contributed by atoms with Crippen molar-refractivity contribution in [1.29, 1.82) is 0 Å². The van der Waals surface area contributed by atoms with Crippen molar-refractivity contribution in [3.63, 3.8) is 0 Å². The predicted molar refractivity (Wildman–Crippen MR) is 150 cm³/mol. The van der Waals surface area contributed by atoms with Gasteiger partial charge in [0.1, 0.15) is 11.2 Å². The number of nitrogens with one attached hydrogen (secondary N) is 1. The maximum atomic E-state index is 13.6. The number of amides is 1. The van der Waals surface area contributed by atoms with Gasteiger partial charge in [0.05, 0.1) is 23.1 Å². The summed E-state index contributed by atoms with van der Waals surface area (Å²) in [5.74, 6) is 1.03. The molecule has 0 spiro atoms. The number of methoxy groups -OCH3 is 1. The minimum atomic E-state index is -0.668. The summed E-state index contributed by atoms with van der Waals surface area (Å²) in [5.41, 5.74) is 1.75. The Bertz CT molecular complexity index is 1470. The number of carbonyl (C=O) groups excluding carboxylic acids is 2. The second-order valence-electron chi connectivity index (χ2n) is 12.2. The molecule has 1 aromatic carbocycles. The van der Waals surface area contributed by atoms with Crippen molar-refractivity contribution in [2.75, 3.05) is 12.4 Å². The highest BCUT2D eigenvalue weighted by molar-refractivity contribution is 7.17. The molecule has 8 rings (SSSR count). The number of carbonyl (C=O) groups is 2. The van der Waals surface area contributed by atoms with Crippen LogP contribution in [0, 0.1) is 27.9 Å². The van der Waals surface area contributed by atoms with E-state index in [1.54, 1.807) is 4.68 Å². The number of fused-ring (bicyclic) bond motifs is 1. The van der Waals surface area contributed by atoms with Crippen molar-refractivity contribution in [2.24, 2.45) is 17.8 Å². The molecule has 0 unspecified atom stereocenters. The molecule has 5 aliphatic carbocycles. The largest absolute Gasteiger partial charge is 0.465 e. The zero-order valence-electron chi connectivity index (χ0n) is 22.4. The number of esters is 1. The van der Waals surface area contributed by atoms with Crippen LogP contribution in [0.1, 0.15) is 87.7 Å². The van der Waals surface area contributed by atoms with Crippen molar-refractivity contribution < 1.29 is 19.2 Å². The van der Waals surface area contributed by atoms with Crippen molar-refractivity contribution in [3.8, 4) is 0 Å². The predicted octanol–water partition coefficient (Wildman–Crippen LogP) is 6.09. The molecule has 10 heteroatoms. The Balaban J connectivity index is 1.20. The molecule has 0 radical (unpaired) electrons. The number of rotatable bonds is 6. The third-order valence-electron chi connectivity index (χ3n) is 9.75. The summed E-state index contributed by atoms with van der Waals surface area (Å²) in [4.78, 5) is 39.1. The summed E-state index contributed by atoms with van der Waals surface area (Å²) >= 11 is 1.36. The molecule has 4 fully saturated rings. The van der Waals surface area contributed by atoms with Gasteiger partial charge >= 0.3 is 11.7 Å². The molecule has 5 aliphatic rings. The van der Waals surface area contributed by atoms with E-state index in [1.165, 1.54) is 49.5 Å². The fourth-order valence-electron chi connectivity index (χ4n) is 8.41. The van der Waals surface area contributed by atoms with Gasteiger partial charge in [-0.2, -0.15) is 5.10 Å². The molecule has 1 N–H and O–H groups in total. The molecular weight excluding hydrogens is 528 g/mol. The summed E-state index contributed by atoms with van der Waals surface area (Å²) in [5, 5.41) is 19.9. The van der Waals surface area contributed by atoms with Crippen LogP contribution in [0.5, 0.6) is 0 Å². The van der Waals surface area contributed by atoms with Gasteiger partial charge in [0, 0.05) is 4.88 Å². The minimum absolute atomic E-state index is 0.204. The number of nitrogens with zero attached hydrogens (tertiary/aromatic N) is 3. The number of thiophene rings is 1. The highest BCUT2D eigenvalue weighted by atomic mass is 32.1. The standard InChI is InChI=1S/C30H32N4O5S/c1-39-29(36)25-22-8-7-21(20-5-3-2-4-6-20)12-24(22)40-28(25)31-27(35)26-23(34(37)38)16-33(32-26)30-13-17-9-18(14-30)11-19(10-17)15-30/h2-6,16-19,21H,7-15H2,1H3,(H,31,35)/t17?,18?,19?,21-,30?/m1/s1. The van der Waals surface area contributed by atoms with E-state index in [4.69, 9.17) is 4.74 Å². The summed E-state index contributed by atoms with van der Waals surface area (Å²) in [6.45, 7) is 0. The molecule has 1 amide bonds. The van der Waals surface area contributed by atoms with Crippen LogP contribution < -0.4 is 5.32 Å². The van der Waals surface area contributed by atoms with E-state index in [-0.39, 0.29) is 16.9 Å². The minimum Gasteiger partial charge on any atom is -0.465 e. The molecule has 9 nitrogen and oxygen atoms in total. The SMILES string of the molecule is COC(=O)c1c(NC(=O)c2nn(C34CC5CC(CC(C5)C3)C4)cc2[N+](=O)[O-])sc2c1CC[C@@H](c1ccccc1)C2. The second kappa shape index (κ2) is 9.54. The highest BCUT2D eigenvalue weighted by Gasteiger charge is 2.53. The summed E-state index contributed by atoms with van der Waals surface area (Å²) < 4.78 is 6.84. The molecule has 40 heavy (non-hydrogen) atoms. The third kappa shape index (κ3) is 4.15. The fraction of sp³-hybridized carbons (Fsp3) is 0.500. The lowest BCUT2D eigenvalue weighted by Gasteiger charge is -2.56. The first kappa shape index (κ1) is 25.4. The van der Waals surface area contributed by atoms with Gasteiger partial charge in [-0.1, -0.05) is 30.3 Å². The number of aromatic nitrogens is 2. The van der Waals surface area contributed by atoms with Crippen LogP contribution in [0.15, 0.2) is 36.5 Å². The molecule has 3 aromatic rings. The average Bonchev–Trinajstić information content (AvgIpc) is 3.55. The van der Waals surface area contributed by atoms with Crippen LogP contribution in [-0.2, 0) is 23.1 Å². The van der Waals surface area contributed by atoms with Gasteiger partial charge in [0.15, 0.2) is 0 Å². The molecule has 2 heterocycles. The van der Waals surface area contributed by atoms with Gasteiger partial charge in [0.2, 0.25) is 5.69 Å². The first-order chi connectivity index (χ1) is 19.3. The molecular formula is C30H32N4O5S. The lowest BCUT2D eigenvalue weighted by molar-refractivity contribution is -0.385. The number of ether oxygens (including phenoxy) is 1. The van der Waals surface area contributed by atoms with Gasteiger partial charge in [-0.15, -0.1) is 11.3 Å². The zero-order chi connectivity index (χ0) is 27.6. The smallest absolute Gasteiger partial charge is 0.341 e. The topological polar surface area (TPSA) is 116 Å². The molecule has 0 saturated heterocycles. The average molecular weight is 561 g/mol. The van der Waals surface area contributed by atoms with Gasteiger partial charge in [-0.3, -0.25) is 19.6 Å². The van der Waals surface area contributed by atoms with E-state index in [0.717, 1.165) is 42.5 Å². The fourth-order valence-corrected chi connectivity index (χ4v) is 9.72. The van der Waals surface area contributed by atoms with Crippen molar-refractivity contribution in [2.45, 2.75) is 69.2 Å². The number of benzene rings is 1. The third-order valence-corrected chi connectivity index (χ3v) is 10.9. The van der Waals surface area contributed by atoms with Crippen LogP contribution in [0.2, 0.25) is 0 Å². The van der Waals surface area contributed by atoms with E-state index in [9.17, 15) is 19.7 Å². The first-order valence-corrected chi connectivity index (χ1v) is 15.0. The number of nitro groups is 1. The van der Waals surface area contributed by atoms with Crippen molar-refractivity contribution in [1.82, 2.24) is 9.78 Å². The van der Waals surface area contributed by atoms with Gasteiger partial charge in [-0.25, -0.2) is 4.79 Å². The van der Waals surface area contributed by atoms with Crippen LogP contribution in [0.4, 0.5) is 10.7 Å². The zero-order valence-corrected chi connectivity index (χ0v) is 23.2. The first-order valence-electron chi connectivity index (χ1n) is 14.2. The number of hydrogen-bond donors (Lipinski definition) is 1. The summed E-state index contributed by atoms with van der Waals surface area (Å²) in [6, 6.07) is 10.3. The van der Waals surface area contributed by atoms with E-state index < -0.39 is 16.8 Å². The Labute approximate surface area is 236 Å². The molecule has 2 aromatic heterocycles. The monoisotopic (exact) mass is 560 g/mol. The Morgan fingerprint density at radius 1 is 1.12 bits per heavy atom. The number of anilines is 1. The van der Waals surface area contributed by atoms with Gasteiger partial charge in [0.25, 0.3) is 5.91 Å². The quantitative estimate of drug-likeness (QED) is 0.222. The maximum absolute atomic E-state index is 13.6. The van der Waals surface area contributed by atoms with Crippen molar-refractivity contribution in [3.05, 3.63) is 73.9 Å².